The molecule has 1 atom stereocenters. The van der Waals surface area contributed by atoms with Crippen molar-refractivity contribution in [3.63, 3.8) is 0 Å². The van der Waals surface area contributed by atoms with Crippen molar-refractivity contribution in [2.75, 3.05) is 23.7 Å². The van der Waals surface area contributed by atoms with E-state index in [4.69, 9.17) is 0 Å². The fourth-order valence-corrected chi connectivity index (χ4v) is 4.18. The van der Waals surface area contributed by atoms with Crippen molar-refractivity contribution >= 4 is 27.5 Å². The second kappa shape index (κ2) is 11.8. The van der Waals surface area contributed by atoms with Crippen molar-refractivity contribution in [3.05, 3.63) is 65.7 Å². The van der Waals surface area contributed by atoms with Gasteiger partial charge in [-0.05, 0) is 42.5 Å². The molecular weight excluding hydrogens is 438 g/mol. The molecule has 0 spiro atoms. The van der Waals surface area contributed by atoms with Gasteiger partial charge >= 0.3 is 0 Å². The second-order valence-corrected chi connectivity index (χ2v) is 10.5. The lowest BCUT2D eigenvalue weighted by Crippen LogP contribution is -2.51. The average molecular weight is 474 g/mol. The molecule has 0 aliphatic rings. The van der Waals surface area contributed by atoms with Gasteiger partial charge in [0.05, 0.1) is 11.9 Å². The Morgan fingerprint density at radius 2 is 1.55 bits per heavy atom. The van der Waals surface area contributed by atoms with E-state index >= 15 is 0 Å². The van der Waals surface area contributed by atoms with Gasteiger partial charge in [-0.15, -0.1) is 0 Å². The monoisotopic (exact) mass is 473 g/mol. The highest BCUT2D eigenvalue weighted by Crippen LogP contribution is 2.20. The Bertz CT molecular complexity index is 1020. The third-order valence-electron chi connectivity index (χ3n) is 5.36. The Kier molecular flexibility index (Phi) is 9.46. The fourth-order valence-electron chi connectivity index (χ4n) is 3.33. The number of aryl methyl sites for hydroxylation is 1. The maximum Gasteiger partial charge on any atom is 0.244 e. The predicted molar refractivity (Wildman–Crippen MR) is 132 cm³/mol. The summed E-state index contributed by atoms with van der Waals surface area (Å²) in [5.41, 5.74) is 2.34. The van der Waals surface area contributed by atoms with Crippen LogP contribution in [0, 0.1) is 5.92 Å². The van der Waals surface area contributed by atoms with E-state index < -0.39 is 22.0 Å². The quantitative estimate of drug-likeness (QED) is 0.543. The van der Waals surface area contributed by atoms with Gasteiger partial charge in [0.1, 0.15) is 12.6 Å². The third kappa shape index (κ3) is 7.89. The highest BCUT2D eigenvalue weighted by atomic mass is 32.2. The lowest BCUT2D eigenvalue weighted by atomic mass is 10.1. The number of amides is 2. The second-order valence-electron chi connectivity index (χ2n) is 8.61. The van der Waals surface area contributed by atoms with Crippen molar-refractivity contribution in [1.82, 2.24) is 10.2 Å². The van der Waals surface area contributed by atoms with E-state index in [2.05, 4.69) is 5.32 Å². The molecule has 0 bridgehead atoms. The number of sulfonamides is 1. The molecule has 2 amide bonds. The Balaban J connectivity index is 2.32. The van der Waals surface area contributed by atoms with Crippen LogP contribution < -0.4 is 9.62 Å². The van der Waals surface area contributed by atoms with E-state index in [0.717, 1.165) is 28.1 Å². The molecule has 0 unspecified atom stereocenters. The van der Waals surface area contributed by atoms with Gasteiger partial charge in [-0.3, -0.25) is 13.9 Å². The van der Waals surface area contributed by atoms with Crippen LogP contribution in [-0.4, -0.2) is 50.5 Å². The predicted octanol–water partition coefficient (Wildman–Crippen LogP) is 3.20. The molecule has 0 aliphatic carbocycles. The Labute approximate surface area is 197 Å². The molecule has 2 aromatic carbocycles. The number of nitrogens with zero attached hydrogens (tertiary/aromatic N) is 2. The Morgan fingerprint density at radius 1 is 0.939 bits per heavy atom. The third-order valence-corrected chi connectivity index (χ3v) is 6.50. The van der Waals surface area contributed by atoms with Crippen molar-refractivity contribution < 1.29 is 18.0 Å². The topological polar surface area (TPSA) is 86.8 Å². The highest BCUT2D eigenvalue weighted by molar-refractivity contribution is 7.92. The molecule has 180 valence electrons. The first-order valence-corrected chi connectivity index (χ1v) is 13.1. The van der Waals surface area contributed by atoms with Gasteiger partial charge in [-0.2, -0.15) is 0 Å². The first-order valence-electron chi connectivity index (χ1n) is 11.2. The zero-order chi connectivity index (χ0) is 24.6. The van der Waals surface area contributed by atoms with Gasteiger partial charge in [-0.25, -0.2) is 8.42 Å². The summed E-state index contributed by atoms with van der Waals surface area (Å²) in [4.78, 5) is 27.6. The summed E-state index contributed by atoms with van der Waals surface area (Å²) in [6, 6.07) is 15.7. The first-order chi connectivity index (χ1) is 15.5. The first kappa shape index (κ1) is 26.4. The van der Waals surface area contributed by atoms with Crippen molar-refractivity contribution in [3.8, 4) is 0 Å². The molecule has 0 aliphatic heterocycles. The van der Waals surface area contributed by atoms with E-state index in [1.54, 1.807) is 19.1 Å². The number of anilines is 1. The van der Waals surface area contributed by atoms with Gasteiger partial charge in [0.25, 0.3) is 0 Å². The average Bonchev–Trinajstić information content (AvgIpc) is 2.78. The number of carbonyl (C=O) groups excluding carboxylic acids is 2. The number of benzene rings is 2. The number of hydrogen-bond donors (Lipinski definition) is 1. The minimum absolute atomic E-state index is 0.197. The molecule has 33 heavy (non-hydrogen) atoms. The lowest BCUT2D eigenvalue weighted by Gasteiger charge is -2.31. The summed E-state index contributed by atoms with van der Waals surface area (Å²) in [7, 11) is -3.72. The van der Waals surface area contributed by atoms with E-state index in [0.29, 0.717) is 12.2 Å². The standard InChI is InChI=1S/C25H35N3O4S/c1-6-21-12-14-23(15-13-21)28(33(5,31)32)18-24(29)27(17-22-10-8-7-9-11-22)20(4)25(30)26-16-19(2)3/h7-15,19-20H,6,16-18H2,1-5H3,(H,26,30)/t20-/m0/s1. The van der Waals surface area contributed by atoms with E-state index in [1.165, 1.54) is 4.90 Å². The van der Waals surface area contributed by atoms with Gasteiger partial charge in [0, 0.05) is 13.1 Å². The molecule has 0 fully saturated rings. The Morgan fingerprint density at radius 3 is 2.06 bits per heavy atom. The minimum Gasteiger partial charge on any atom is -0.354 e. The molecule has 0 aromatic heterocycles. The lowest BCUT2D eigenvalue weighted by molar-refractivity contribution is -0.139. The van der Waals surface area contributed by atoms with Gasteiger partial charge in [0.2, 0.25) is 21.8 Å². The van der Waals surface area contributed by atoms with Crippen LogP contribution in [0.2, 0.25) is 0 Å². The van der Waals surface area contributed by atoms with Crippen molar-refractivity contribution in [2.24, 2.45) is 5.92 Å². The normalized spacial score (nSPS) is 12.3. The summed E-state index contributed by atoms with van der Waals surface area (Å²) in [6.45, 7) is 7.96. The number of carbonyl (C=O) groups is 2. The zero-order valence-corrected chi connectivity index (χ0v) is 20.9. The molecule has 2 aromatic rings. The molecule has 7 nitrogen and oxygen atoms in total. The van der Waals surface area contributed by atoms with Gasteiger partial charge in [-0.1, -0.05) is 63.2 Å². The maximum absolute atomic E-state index is 13.4. The molecule has 0 heterocycles. The van der Waals surface area contributed by atoms with Crippen molar-refractivity contribution in [1.29, 1.82) is 0 Å². The molecule has 8 heteroatoms. The maximum atomic E-state index is 13.4. The smallest absolute Gasteiger partial charge is 0.244 e. The van der Waals surface area contributed by atoms with Crippen LogP contribution in [0.4, 0.5) is 5.69 Å². The van der Waals surface area contributed by atoms with Crippen LogP contribution in [0.1, 0.15) is 38.8 Å². The highest BCUT2D eigenvalue weighted by Gasteiger charge is 2.30. The summed E-state index contributed by atoms with van der Waals surface area (Å²) in [6.07, 6.45) is 1.90. The summed E-state index contributed by atoms with van der Waals surface area (Å²) >= 11 is 0. The SMILES string of the molecule is CCc1ccc(N(CC(=O)N(Cc2ccccc2)[C@@H](C)C(=O)NCC(C)C)S(C)(=O)=O)cc1. The summed E-state index contributed by atoms with van der Waals surface area (Å²) in [5, 5.41) is 2.87. The fraction of sp³-hybridized carbons (Fsp3) is 0.440. The molecule has 0 radical (unpaired) electrons. The minimum atomic E-state index is -3.72. The van der Waals surface area contributed by atoms with Crippen LogP contribution in [0.5, 0.6) is 0 Å². The van der Waals surface area contributed by atoms with E-state index in [9.17, 15) is 18.0 Å². The van der Waals surface area contributed by atoms with Gasteiger partial charge < -0.3 is 10.2 Å². The zero-order valence-electron chi connectivity index (χ0n) is 20.1. The van der Waals surface area contributed by atoms with E-state index in [1.807, 2.05) is 63.2 Å². The largest absolute Gasteiger partial charge is 0.354 e. The number of rotatable bonds is 11. The van der Waals surface area contributed by atoms with Crippen LogP contribution >= 0.6 is 0 Å². The molecular formula is C25H35N3O4S. The van der Waals surface area contributed by atoms with Crippen LogP contribution in [0.15, 0.2) is 54.6 Å². The van der Waals surface area contributed by atoms with Gasteiger partial charge in [0.15, 0.2) is 0 Å². The summed E-state index contributed by atoms with van der Waals surface area (Å²) in [5.74, 6) is -0.450. The summed E-state index contributed by atoms with van der Waals surface area (Å²) < 4.78 is 26.2. The van der Waals surface area contributed by atoms with Crippen molar-refractivity contribution in [2.45, 2.75) is 46.7 Å². The van der Waals surface area contributed by atoms with Crippen LogP contribution in [0.25, 0.3) is 0 Å². The molecule has 2 rings (SSSR count). The van der Waals surface area contributed by atoms with Crippen LogP contribution in [-0.2, 0) is 32.6 Å². The molecule has 1 N–H and O–H groups in total. The molecule has 0 saturated heterocycles. The Hall–Kier alpha value is -2.87. The van der Waals surface area contributed by atoms with Crippen LogP contribution in [0.3, 0.4) is 0 Å². The molecule has 0 saturated carbocycles. The number of hydrogen-bond acceptors (Lipinski definition) is 4. The van der Waals surface area contributed by atoms with E-state index in [-0.39, 0.29) is 24.9 Å². The number of nitrogens with one attached hydrogen (secondary N) is 1.